The van der Waals surface area contributed by atoms with Gasteiger partial charge in [0.15, 0.2) is 0 Å². The van der Waals surface area contributed by atoms with Gasteiger partial charge in [0.2, 0.25) is 5.91 Å². The lowest BCUT2D eigenvalue weighted by Gasteiger charge is -2.22. The topological polar surface area (TPSA) is 141 Å². The molecule has 1 aromatic heterocycles. The number of ether oxygens (including phenoxy) is 1. The Balaban J connectivity index is 1.36. The second-order valence-electron chi connectivity index (χ2n) is 11.8. The van der Waals surface area contributed by atoms with Crippen molar-refractivity contribution in [2.75, 3.05) is 0 Å². The van der Waals surface area contributed by atoms with Crippen molar-refractivity contribution < 1.29 is 29.0 Å². The molecule has 9 nitrogen and oxygen atoms in total. The summed E-state index contributed by atoms with van der Waals surface area (Å²) < 4.78 is 7.81. The highest BCUT2D eigenvalue weighted by Gasteiger charge is 2.28. The van der Waals surface area contributed by atoms with Crippen LogP contribution in [0.1, 0.15) is 59.7 Å². The van der Waals surface area contributed by atoms with E-state index < -0.39 is 35.9 Å². The molecule has 2 amide bonds. The highest BCUT2D eigenvalue weighted by molar-refractivity contribution is 6.08. The summed E-state index contributed by atoms with van der Waals surface area (Å²) in [5, 5.41) is 14.8. The molecule has 47 heavy (non-hydrogen) atoms. The van der Waals surface area contributed by atoms with Gasteiger partial charge in [-0.15, -0.1) is 0 Å². The fraction of sp³-hybridized carbons (Fsp3) is 0.263. The number of nitrogens with two attached hydrogens (primary N) is 1. The molecule has 0 aliphatic carbocycles. The van der Waals surface area contributed by atoms with E-state index in [2.05, 4.69) is 24.4 Å². The highest BCUT2D eigenvalue weighted by atomic mass is 16.5. The van der Waals surface area contributed by atoms with Crippen molar-refractivity contribution in [2.24, 2.45) is 5.73 Å². The number of aliphatic carboxylic acids is 1. The molecule has 0 radical (unpaired) electrons. The van der Waals surface area contributed by atoms with Crippen LogP contribution < -0.4 is 11.1 Å². The second kappa shape index (κ2) is 15.2. The van der Waals surface area contributed by atoms with Gasteiger partial charge in [-0.2, -0.15) is 0 Å². The first-order valence-corrected chi connectivity index (χ1v) is 15.8. The number of para-hydroxylation sites is 1. The first-order valence-electron chi connectivity index (χ1n) is 15.8. The van der Waals surface area contributed by atoms with E-state index in [1.54, 1.807) is 6.20 Å². The number of hydrogen-bond acceptors (Lipinski definition) is 5. The number of hydrogen-bond donors (Lipinski definition) is 3. The van der Waals surface area contributed by atoms with Gasteiger partial charge in [0, 0.05) is 36.5 Å². The minimum atomic E-state index is -1.14. The lowest BCUT2D eigenvalue weighted by Crippen LogP contribution is -2.43. The monoisotopic (exact) mass is 633 g/mol. The number of carbonyl (C=O) groups is 4. The maximum atomic E-state index is 13.7. The van der Waals surface area contributed by atoms with Gasteiger partial charge in [0.05, 0.1) is 12.0 Å². The van der Waals surface area contributed by atoms with E-state index >= 15 is 0 Å². The van der Waals surface area contributed by atoms with Crippen LogP contribution in [0.2, 0.25) is 0 Å². The standard InChI is InChI=1S/C38H39N3O6/c1-2-25-15-17-29-20-27(16-18-28(29)19-25)21-30(22-35(39)42)47-38(46)33(12-8-14-36(43)44)40-37(45)32-24-41(23-26-9-4-3-5-10-26)34-13-7-6-11-31(32)34/h3-7,9-11,13,15-20,24,30,33H,2,8,12,14,21-23H2,1H3,(H2,39,42)(H,40,45)(H,43,44)/t30-,33-/m0/s1. The molecule has 0 saturated heterocycles. The summed E-state index contributed by atoms with van der Waals surface area (Å²) in [6.07, 6.45) is 1.83. The molecule has 5 rings (SSSR count). The molecule has 0 unspecified atom stereocenters. The van der Waals surface area contributed by atoms with Crippen LogP contribution in [0.25, 0.3) is 21.7 Å². The van der Waals surface area contributed by atoms with E-state index in [9.17, 15) is 24.3 Å². The summed E-state index contributed by atoms with van der Waals surface area (Å²) in [5.74, 6) is -2.88. The Kier molecular flexibility index (Phi) is 10.7. The van der Waals surface area contributed by atoms with E-state index in [0.717, 1.165) is 33.8 Å². The van der Waals surface area contributed by atoms with Crippen LogP contribution in [0.15, 0.2) is 97.2 Å². The van der Waals surface area contributed by atoms with Crippen LogP contribution >= 0.6 is 0 Å². The Morgan fingerprint density at radius 2 is 1.55 bits per heavy atom. The van der Waals surface area contributed by atoms with Gasteiger partial charge in [0.1, 0.15) is 12.1 Å². The van der Waals surface area contributed by atoms with Gasteiger partial charge in [-0.05, 0) is 52.8 Å². The molecule has 2 atom stereocenters. The second-order valence-corrected chi connectivity index (χ2v) is 11.8. The molecular weight excluding hydrogens is 594 g/mol. The van der Waals surface area contributed by atoms with Crippen molar-refractivity contribution in [3.63, 3.8) is 0 Å². The first-order chi connectivity index (χ1) is 22.7. The number of carboxylic acids is 1. The molecule has 0 bridgehead atoms. The molecule has 0 spiro atoms. The summed E-state index contributed by atoms with van der Waals surface area (Å²) >= 11 is 0. The molecule has 9 heteroatoms. The number of primary amides is 1. The van der Waals surface area contributed by atoms with E-state index in [0.29, 0.717) is 17.5 Å². The Labute approximate surface area is 273 Å². The third-order valence-corrected chi connectivity index (χ3v) is 8.25. The summed E-state index contributed by atoms with van der Waals surface area (Å²) in [5.41, 5.74) is 9.92. The van der Waals surface area contributed by atoms with Crippen LogP contribution in [-0.2, 0) is 38.5 Å². The molecule has 0 aliphatic rings. The Hall–Kier alpha value is -5.44. The fourth-order valence-electron chi connectivity index (χ4n) is 5.86. The van der Waals surface area contributed by atoms with Crippen molar-refractivity contribution >= 4 is 45.4 Å². The number of fused-ring (bicyclic) bond motifs is 2. The smallest absolute Gasteiger partial charge is 0.328 e. The maximum Gasteiger partial charge on any atom is 0.328 e. The number of aromatic nitrogens is 1. The van der Waals surface area contributed by atoms with Gasteiger partial charge in [-0.25, -0.2) is 4.79 Å². The lowest BCUT2D eigenvalue weighted by atomic mass is 9.99. The zero-order chi connectivity index (χ0) is 33.3. The van der Waals surface area contributed by atoms with Crippen LogP contribution in [0.5, 0.6) is 0 Å². The summed E-state index contributed by atoms with van der Waals surface area (Å²) in [6.45, 7) is 2.64. The number of rotatable bonds is 15. The minimum absolute atomic E-state index is 0.0402. The summed E-state index contributed by atoms with van der Waals surface area (Å²) in [4.78, 5) is 50.6. The number of aryl methyl sites for hydroxylation is 1. The molecule has 0 saturated carbocycles. The normalized spacial score (nSPS) is 12.4. The van der Waals surface area contributed by atoms with E-state index in [-0.39, 0.29) is 32.1 Å². The zero-order valence-electron chi connectivity index (χ0n) is 26.4. The Bertz CT molecular complexity index is 1900. The quantitative estimate of drug-likeness (QED) is 0.125. The van der Waals surface area contributed by atoms with Crippen molar-refractivity contribution in [1.82, 2.24) is 9.88 Å². The molecular formula is C38H39N3O6. The van der Waals surface area contributed by atoms with E-state index in [4.69, 9.17) is 10.5 Å². The van der Waals surface area contributed by atoms with Crippen LogP contribution in [0.4, 0.5) is 0 Å². The van der Waals surface area contributed by atoms with Gasteiger partial charge in [-0.1, -0.05) is 91.9 Å². The van der Waals surface area contributed by atoms with Crippen molar-refractivity contribution in [2.45, 2.75) is 64.1 Å². The van der Waals surface area contributed by atoms with Gasteiger partial charge in [-0.3, -0.25) is 14.4 Å². The number of carbonyl (C=O) groups excluding carboxylic acids is 3. The maximum absolute atomic E-state index is 13.7. The predicted molar refractivity (Wildman–Crippen MR) is 181 cm³/mol. The summed E-state index contributed by atoms with van der Waals surface area (Å²) in [7, 11) is 0. The molecule has 0 aliphatic heterocycles. The number of nitrogens with zero attached hydrogens (tertiary/aromatic N) is 1. The molecule has 242 valence electrons. The molecule has 0 fully saturated rings. The third kappa shape index (κ3) is 8.64. The molecule has 4 N–H and O–H groups in total. The predicted octanol–water partition coefficient (Wildman–Crippen LogP) is 5.79. The third-order valence-electron chi connectivity index (χ3n) is 8.25. The lowest BCUT2D eigenvalue weighted by molar-refractivity contribution is -0.153. The van der Waals surface area contributed by atoms with Crippen molar-refractivity contribution in [3.8, 4) is 0 Å². The average molecular weight is 634 g/mol. The minimum Gasteiger partial charge on any atom is -0.481 e. The molecule has 5 aromatic rings. The fourth-order valence-corrected chi connectivity index (χ4v) is 5.86. The molecule has 1 heterocycles. The summed E-state index contributed by atoms with van der Waals surface area (Å²) in [6, 6.07) is 28.4. The number of carboxylic acid groups (broad SMARTS) is 1. The van der Waals surface area contributed by atoms with Crippen LogP contribution in [-0.4, -0.2) is 45.6 Å². The number of esters is 1. The van der Waals surface area contributed by atoms with Gasteiger partial charge in [0.25, 0.3) is 5.91 Å². The number of nitrogens with one attached hydrogen (secondary N) is 1. The Morgan fingerprint density at radius 1 is 0.872 bits per heavy atom. The highest BCUT2D eigenvalue weighted by Crippen LogP contribution is 2.24. The zero-order valence-corrected chi connectivity index (χ0v) is 26.4. The van der Waals surface area contributed by atoms with E-state index in [1.807, 2.05) is 83.4 Å². The number of amides is 2. The van der Waals surface area contributed by atoms with Crippen molar-refractivity contribution in [3.05, 3.63) is 119 Å². The van der Waals surface area contributed by atoms with E-state index in [1.165, 1.54) is 5.56 Å². The SMILES string of the molecule is CCc1ccc2cc(C[C@@H](CC(N)=O)OC(=O)[C@H](CCCC(=O)O)NC(=O)c3cn(Cc4ccccc4)c4ccccc34)ccc2c1. The number of benzene rings is 4. The Morgan fingerprint density at radius 3 is 2.26 bits per heavy atom. The van der Waals surface area contributed by atoms with Crippen molar-refractivity contribution in [1.29, 1.82) is 0 Å². The largest absolute Gasteiger partial charge is 0.481 e. The van der Waals surface area contributed by atoms with Crippen LogP contribution in [0, 0.1) is 0 Å². The van der Waals surface area contributed by atoms with Crippen LogP contribution in [0.3, 0.4) is 0 Å². The average Bonchev–Trinajstić information content (AvgIpc) is 3.42. The van der Waals surface area contributed by atoms with Gasteiger partial charge >= 0.3 is 11.9 Å². The molecule has 4 aromatic carbocycles. The van der Waals surface area contributed by atoms with Gasteiger partial charge < -0.3 is 25.5 Å². The first kappa shape index (κ1) is 32.9.